The molecular formula is C27H33N3O2. The molecule has 5 rings (SSSR count). The molecule has 0 N–H and O–H groups in total. The van der Waals surface area contributed by atoms with Crippen molar-refractivity contribution in [2.45, 2.75) is 59.0 Å². The maximum atomic E-state index is 13.7. The molecule has 1 saturated carbocycles. The van der Waals surface area contributed by atoms with E-state index >= 15 is 0 Å². The fourth-order valence-electron chi connectivity index (χ4n) is 5.56. The number of likely N-dealkylation sites (tertiary alicyclic amines) is 1. The largest absolute Gasteiger partial charge is 0.494 e. The molecule has 32 heavy (non-hydrogen) atoms. The van der Waals surface area contributed by atoms with Crippen LogP contribution in [0, 0.1) is 12.3 Å². The number of nitrogens with zero attached hydrogens (tertiary/aromatic N) is 3. The standard InChI is InChI=1S/C27H33N3O2/c1-5-32-22-9-6-8-20(14-22)21-10-11-24-23(15-21)26(31)30(19(4)28-24)25-16-27(25)12-7-13-29(17-27)18(2)3/h6,8-11,14-15,18,25H,5,7,12-13,16-17H2,1-4H3/t25-,27?/m0/s1. The zero-order valence-electron chi connectivity index (χ0n) is 19.6. The molecule has 0 radical (unpaired) electrons. The number of ether oxygens (including phenoxy) is 1. The number of aryl methyl sites for hydroxylation is 1. The zero-order valence-corrected chi connectivity index (χ0v) is 19.6. The number of benzene rings is 2. The molecule has 1 unspecified atom stereocenters. The third-order valence-corrected chi connectivity index (χ3v) is 7.38. The van der Waals surface area contributed by atoms with Gasteiger partial charge >= 0.3 is 0 Å². The normalized spacial score (nSPS) is 23.2. The lowest BCUT2D eigenvalue weighted by atomic mass is 9.93. The molecule has 0 bridgehead atoms. The number of piperidine rings is 1. The van der Waals surface area contributed by atoms with Gasteiger partial charge in [0.1, 0.15) is 11.6 Å². The Kier molecular flexibility index (Phi) is 5.32. The van der Waals surface area contributed by atoms with Gasteiger partial charge in [-0.2, -0.15) is 0 Å². The van der Waals surface area contributed by atoms with E-state index in [1.54, 1.807) is 0 Å². The molecule has 2 atom stereocenters. The van der Waals surface area contributed by atoms with Gasteiger partial charge in [0.25, 0.3) is 5.56 Å². The molecule has 1 aliphatic heterocycles. The van der Waals surface area contributed by atoms with Crippen molar-refractivity contribution in [3.05, 3.63) is 58.6 Å². The predicted molar refractivity (Wildman–Crippen MR) is 129 cm³/mol. The van der Waals surface area contributed by atoms with E-state index in [-0.39, 0.29) is 17.0 Å². The van der Waals surface area contributed by atoms with Crippen LogP contribution in [-0.2, 0) is 0 Å². The Morgan fingerprint density at radius 1 is 1.19 bits per heavy atom. The van der Waals surface area contributed by atoms with Gasteiger partial charge in [-0.3, -0.25) is 9.36 Å². The highest BCUT2D eigenvalue weighted by atomic mass is 16.5. The highest BCUT2D eigenvalue weighted by Gasteiger charge is 2.57. The van der Waals surface area contributed by atoms with Crippen molar-refractivity contribution in [1.29, 1.82) is 0 Å². The van der Waals surface area contributed by atoms with E-state index in [4.69, 9.17) is 9.72 Å². The maximum Gasteiger partial charge on any atom is 0.261 e. The molecule has 2 heterocycles. The minimum Gasteiger partial charge on any atom is -0.494 e. The van der Waals surface area contributed by atoms with Gasteiger partial charge in [-0.05, 0) is 88.9 Å². The summed E-state index contributed by atoms with van der Waals surface area (Å²) in [6, 6.07) is 14.9. The Balaban J connectivity index is 1.53. The summed E-state index contributed by atoms with van der Waals surface area (Å²) in [6.45, 7) is 11.4. The van der Waals surface area contributed by atoms with Crippen molar-refractivity contribution < 1.29 is 4.74 Å². The molecule has 0 amide bonds. The van der Waals surface area contributed by atoms with E-state index in [9.17, 15) is 4.79 Å². The van der Waals surface area contributed by atoms with Gasteiger partial charge in [0.05, 0.1) is 17.5 Å². The second-order valence-electron chi connectivity index (χ2n) is 9.78. The Morgan fingerprint density at radius 2 is 2.00 bits per heavy atom. The maximum absolute atomic E-state index is 13.7. The molecule has 2 aromatic carbocycles. The molecular weight excluding hydrogens is 398 g/mol. The van der Waals surface area contributed by atoms with Crippen LogP contribution in [0.2, 0.25) is 0 Å². The molecule has 1 aliphatic carbocycles. The highest BCUT2D eigenvalue weighted by Crippen LogP contribution is 2.61. The van der Waals surface area contributed by atoms with Gasteiger partial charge in [0, 0.05) is 24.0 Å². The van der Waals surface area contributed by atoms with Crippen molar-refractivity contribution in [2.75, 3.05) is 19.7 Å². The SMILES string of the molecule is CCOc1cccc(-c2ccc3nc(C)n([C@H]4CC45CCCN(C(C)C)C5)c(=O)c3c2)c1. The second kappa shape index (κ2) is 8.04. The van der Waals surface area contributed by atoms with E-state index in [1.807, 2.05) is 54.8 Å². The number of fused-ring (bicyclic) bond motifs is 1. The van der Waals surface area contributed by atoms with Crippen molar-refractivity contribution in [3.63, 3.8) is 0 Å². The van der Waals surface area contributed by atoms with E-state index < -0.39 is 0 Å². The first-order chi connectivity index (χ1) is 15.4. The molecule has 168 valence electrons. The average Bonchev–Trinajstić information content (AvgIpc) is 3.45. The third-order valence-electron chi connectivity index (χ3n) is 7.38. The van der Waals surface area contributed by atoms with E-state index in [2.05, 4.69) is 24.8 Å². The zero-order chi connectivity index (χ0) is 22.5. The van der Waals surface area contributed by atoms with Crippen molar-refractivity contribution in [1.82, 2.24) is 14.5 Å². The summed E-state index contributed by atoms with van der Waals surface area (Å²) < 4.78 is 7.65. The van der Waals surface area contributed by atoms with Crippen LogP contribution in [0.15, 0.2) is 47.3 Å². The number of hydrogen-bond acceptors (Lipinski definition) is 4. The van der Waals surface area contributed by atoms with Crippen LogP contribution in [0.1, 0.15) is 51.9 Å². The Labute approximate surface area is 190 Å². The fraction of sp³-hybridized carbons (Fsp3) is 0.481. The van der Waals surface area contributed by atoms with Crippen LogP contribution < -0.4 is 10.3 Å². The summed E-state index contributed by atoms with van der Waals surface area (Å²) in [4.78, 5) is 21.1. The lowest BCUT2D eigenvalue weighted by molar-refractivity contribution is 0.119. The van der Waals surface area contributed by atoms with Gasteiger partial charge in [0.2, 0.25) is 0 Å². The minimum atomic E-state index is 0.0962. The summed E-state index contributed by atoms with van der Waals surface area (Å²) in [5.74, 6) is 1.67. The van der Waals surface area contributed by atoms with E-state index in [0.717, 1.165) is 41.2 Å². The monoisotopic (exact) mass is 431 g/mol. The van der Waals surface area contributed by atoms with Gasteiger partial charge in [-0.1, -0.05) is 18.2 Å². The number of aromatic nitrogens is 2. The average molecular weight is 432 g/mol. The van der Waals surface area contributed by atoms with E-state index in [0.29, 0.717) is 18.0 Å². The minimum absolute atomic E-state index is 0.0962. The molecule has 3 aromatic rings. The topological polar surface area (TPSA) is 47.4 Å². The van der Waals surface area contributed by atoms with Crippen LogP contribution in [0.3, 0.4) is 0 Å². The Bertz CT molecular complexity index is 1220. The summed E-state index contributed by atoms with van der Waals surface area (Å²) in [5, 5.41) is 0.702. The molecule has 1 saturated heterocycles. The lowest BCUT2D eigenvalue weighted by Crippen LogP contribution is -2.42. The van der Waals surface area contributed by atoms with Crippen LogP contribution in [0.4, 0.5) is 0 Å². The molecule has 2 fully saturated rings. The lowest BCUT2D eigenvalue weighted by Gasteiger charge is -2.36. The first-order valence-corrected chi connectivity index (χ1v) is 11.9. The summed E-state index contributed by atoms with van der Waals surface area (Å²) in [7, 11) is 0. The second-order valence-corrected chi connectivity index (χ2v) is 9.78. The van der Waals surface area contributed by atoms with Crippen LogP contribution in [0.5, 0.6) is 5.75 Å². The van der Waals surface area contributed by atoms with Crippen molar-refractivity contribution in [2.24, 2.45) is 5.41 Å². The molecule has 1 aromatic heterocycles. The van der Waals surface area contributed by atoms with Crippen LogP contribution in [-0.4, -0.2) is 40.2 Å². The molecule has 2 aliphatic rings. The fourth-order valence-corrected chi connectivity index (χ4v) is 5.56. The van der Waals surface area contributed by atoms with Crippen molar-refractivity contribution in [3.8, 4) is 16.9 Å². The number of hydrogen-bond donors (Lipinski definition) is 0. The smallest absolute Gasteiger partial charge is 0.261 e. The third kappa shape index (κ3) is 3.62. The first-order valence-electron chi connectivity index (χ1n) is 11.9. The van der Waals surface area contributed by atoms with Crippen LogP contribution >= 0.6 is 0 Å². The summed E-state index contributed by atoms with van der Waals surface area (Å²) >= 11 is 0. The molecule has 5 heteroatoms. The first kappa shape index (κ1) is 21.2. The van der Waals surface area contributed by atoms with Gasteiger partial charge in [-0.25, -0.2) is 4.98 Å². The molecule has 1 spiro atoms. The summed E-state index contributed by atoms with van der Waals surface area (Å²) in [6.07, 6.45) is 3.50. The van der Waals surface area contributed by atoms with Gasteiger partial charge in [-0.15, -0.1) is 0 Å². The van der Waals surface area contributed by atoms with Crippen molar-refractivity contribution >= 4 is 10.9 Å². The van der Waals surface area contributed by atoms with Crippen LogP contribution in [0.25, 0.3) is 22.0 Å². The predicted octanol–water partition coefficient (Wildman–Crippen LogP) is 5.21. The van der Waals surface area contributed by atoms with Gasteiger partial charge in [0.15, 0.2) is 0 Å². The molecule has 5 nitrogen and oxygen atoms in total. The Morgan fingerprint density at radius 3 is 2.78 bits per heavy atom. The Hall–Kier alpha value is -2.66. The quantitative estimate of drug-likeness (QED) is 0.557. The highest BCUT2D eigenvalue weighted by molar-refractivity contribution is 5.84. The van der Waals surface area contributed by atoms with E-state index in [1.165, 1.54) is 19.4 Å². The van der Waals surface area contributed by atoms with Gasteiger partial charge < -0.3 is 9.64 Å². The number of rotatable bonds is 5. The summed E-state index contributed by atoms with van der Waals surface area (Å²) in [5.41, 5.74) is 3.17.